The van der Waals surface area contributed by atoms with Gasteiger partial charge in [-0.05, 0) is 30.3 Å². The van der Waals surface area contributed by atoms with Crippen LogP contribution in [0.5, 0.6) is 5.75 Å². The van der Waals surface area contributed by atoms with Gasteiger partial charge in [-0.2, -0.15) is 5.10 Å². The maximum atomic E-state index is 13.6. The minimum atomic E-state index is -2.20. The Bertz CT molecular complexity index is 911. The SMILES string of the molecule is COc1ccc(-n2ccc(CNc3c(F)c(F)c(F)c(F)c3F)n2)cc1. The largest absolute Gasteiger partial charge is 0.497 e. The first-order valence-electron chi connectivity index (χ1n) is 7.36. The highest BCUT2D eigenvalue weighted by atomic mass is 19.2. The maximum absolute atomic E-state index is 13.6. The zero-order valence-electron chi connectivity index (χ0n) is 13.4. The van der Waals surface area contributed by atoms with Gasteiger partial charge in [-0.3, -0.25) is 0 Å². The van der Waals surface area contributed by atoms with Crippen molar-refractivity contribution in [1.82, 2.24) is 9.78 Å². The van der Waals surface area contributed by atoms with Crippen LogP contribution >= 0.6 is 0 Å². The van der Waals surface area contributed by atoms with Gasteiger partial charge in [-0.1, -0.05) is 0 Å². The lowest BCUT2D eigenvalue weighted by atomic mass is 10.2. The molecule has 1 N–H and O–H groups in total. The van der Waals surface area contributed by atoms with Crippen LogP contribution in [0.4, 0.5) is 27.6 Å². The van der Waals surface area contributed by atoms with Crippen molar-refractivity contribution in [1.29, 1.82) is 0 Å². The molecule has 0 spiro atoms. The molecule has 3 aromatic rings. The summed E-state index contributed by atoms with van der Waals surface area (Å²) in [5.41, 5.74) is -0.0570. The van der Waals surface area contributed by atoms with Gasteiger partial charge in [0, 0.05) is 6.20 Å². The summed E-state index contributed by atoms with van der Waals surface area (Å²) >= 11 is 0. The summed E-state index contributed by atoms with van der Waals surface area (Å²) in [5.74, 6) is -9.39. The van der Waals surface area contributed by atoms with Gasteiger partial charge in [0.1, 0.15) is 11.4 Å². The smallest absolute Gasteiger partial charge is 0.200 e. The van der Waals surface area contributed by atoms with Gasteiger partial charge in [0.15, 0.2) is 23.3 Å². The molecule has 0 amide bonds. The number of ether oxygens (including phenoxy) is 1. The molecular weight excluding hydrogens is 357 g/mol. The van der Waals surface area contributed by atoms with Gasteiger partial charge in [0.25, 0.3) is 0 Å². The fourth-order valence-corrected chi connectivity index (χ4v) is 2.27. The van der Waals surface area contributed by atoms with Crippen LogP contribution in [0.25, 0.3) is 5.69 Å². The number of rotatable bonds is 5. The van der Waals surface area contributed by atoms with Crippen molar-refractivity contribution in [2.75, 3.05) is 12.4 Å². The lowest BCUT2D eigenvalue weighted by molar-refractivity contribution is 0.381. The Morgan fingerprint density at radius 1 is 0.885 bits per heavy atom. The highest BCUT2D eigenvalue weighted by Crippen LogP contribution is 2.27. The number of aromatic nitrogens is 2. The minimum absolute atomic E-state index is 0.235. The predicted octanol–water partition coefficient (Wildman–Crippen LogP) is 4.19. The number of halogens is 5. The van der Waals surface area contributed by atoms with Crippen molar-refractivity contribution in [2.45, 2.75) is 6.54 Å². The number of hydrogen-bond donors (Lipinski definition) is 1. The number of benzene rings is 2. The number of nitrogens with one attached hydrogen (secondary N) is 1. The van der Waals surface area contributed by atoms with Crippen molar-refractivity contribution < 1.29 is 26.7 Å². The summed E-state index contributed by atoms with van der Waals surface area (Å²) in [5, 5.41) is 6.38. The van der Waals surface area contributed by atoms with E-state index < -0.39 is 34.8 Å². The van der Waals surface area contributed by atoms with E-state index in [0.717, 1.165) is 0 Å². The molecular formula is C17H12F5N3O. The number of methoxy groups -OCH3 is 1. The predicted molar refractivity (Wildman–Crippen MR) is 83.7 cm³/mol. The second kappa shape index (κ2) is 7.03. The Hall–Kier alpha value is -3.10. The molecule has 0 saturated heterocycles. The molecule has 2 aromatic carbocycles. The molecule has 0 radical (unpaired) electrons. The Morgan fingerprint density at radius 3 is 2.04 bits per heavy atom. The molecule has 0 unspecified atom stereocenters. The lowest BCUT2D eigenvalue weighted by Gasteiger charge is -2.09. The van der Waals surface area contributed by atoms with E-state index in [2.05, 4.69) is 10.4 Å². The monoisotopic (exact) mass is 369 g/mol. The van der Waals surface area contributed by atoms with Crippen molar-refractivity contribution in [2.24, 2.45) is 0 Å². The van der Waals surface area contributed by atoms with Crippen LogP contribution in [0, 0.1) is 29.1 Å². The average molecular weight is 369 g/mol. The zero-order chi connectivity index (χ0) is 18.8. The maximum Gasteiger partial charge on any atom is 0.200 e. The van der Waals surface area contributed by atoms with Gasteiger partial charge in [-0.25, -0.2) is 26.6 Å². The quantitative estimate of drug-likeness (QED) is 0.417. The summed E-state index contributed by atoms with van der Waals surface area (Å²) in [6.07, 6.45) is 1.59. The van der Waals surface area contributed by atoms with E-state index >= 15 is 0 Å². The summed E-state index contributed by atoms with van der Waals surface area (Å²) in [7, 11) is 1.53. The van der Waals surface area contributed by atoms with Crippen molar-refractivity contribution in [3.63, 3.8) is 0 Å². The van der Waals surface area contributed by atoms with Crippen LogP contribution in [-0.4, -0.2) is 16.9 Å². The second-order valence-electron chi connectivity index (χ2n) is 5.25. The van der Waals surface area contributed by atoms with Gasteiger partial charge < -0.3 is 10.1 Å². The molecule has 0 aliphatic heterocycles. The van der Waals surface area contributed by atoms with E-state index in [1.54, 1.807) is 36.5 Å². The Morgan fingerprint density at radius 2 is 1.46 bits per heavy atom. The normalized spacial score (nSPS) is 10.8. The molecule has 3 rings (SSSR count). The third-order valence-corrected chi connectivity index (χ3v) is 3.64. The van der Waals surface area contributed by atoms with E-state index in [1.165, 1.54) is 11.8 Å². The van der Waals surface area contributed by atoms with Crippen LogP contribution in [0.2, 0.25) is 0 Å². The molecule has 0 aliphatic carbocycles. The minimum Gasteiger partial charge on any atom is -0.497 e. The van der Waals surface area contributed by atoms with Gasteiger partial charge in [-0.15, -0.1) is 0 Å². The molecule has 9 heteroatoms. The zero-order valence-corrected chi connectivity index (χ0v) is 13.4. The van der Waals surface area contributed by atoms with E-state index in [0.29, 0.717) is 17.1 Å². The van der Waals surface area contributed by atoms with Crippen LogP contribution < -0.4 is 10.1 Å². The van der Waals surface area contributed by atoms with Crippen LogP contribution in [0.1, 0.15) is 5.69 Å². The molecule has 0 bridgehead atoms. The van der Waals surface area contributed by atoms with Gasteiger partial charge in [0.2, 0.25) is 5.82 Å². The summed E-state index contributed by atoms with van der Waals surface area (Å²) in [6.45, 7) is -0.235. The van der Waals surface area contributed by atoms with E-state index in [9.17, 15) is 22.0 Å². The van der Waals surface area contributed by atoms with E-state index in [-0.39, 0.29) is 6.54 Å². The summed E-state index contributed by atoms with van der Waals surface area (Å²) in [4.78, 5) is 0. The van der Waals surface area contributed by atoms with Crippen molar-refractivity contribution >= 4 is 5.69 Å². The fourth-order valence-electron chi connectivity index (χ4n) is 2.27. The number of nitrogens with zero attached hydrogens (tertiary/aromatic N) is 2. The highest BCUT2D eigenvalue weighted by molar-refractivity contribution is 5.48. The Labute approximate surface area is 144 Å². The van der Waals surface area contributed by atoms with Crippen LogP contribution in [-0.2, 0) is 6.54 Å². The number of hydrogen-bond acceptors (Lipinski definition) is 3. The second-order valence-corrected chi connectivity index (χ2v) is 5.25. The van der Waals surface area contributed by atoms with Crippen molar-refractivity contribution in [3.05, 3.63) is 71.3 Å². The summed E-state index contributed by atoms with van der Waals surface area (Å²) < 4.78 is 73.2. The third kappa shape index (κ3) is 3.19. The van der Waals surface area contributed by atoms with Gasteiger partial charge >= 0.3 is 0 Å². The van der Waals surface area contributed by atoms with Crippen LogP contribution in [0.3, 0.4) is 0 Å². The first-order chi connectivity index (χ1) is 12.4. The van der Waals surface area contributed by atoms with Crippen LogP contribution in [0.15, 0.2) is 36.5 Å². The standard InChI is InChI=1S/C17H12F5N3O/c1-26-11-4-2-10(3-5-11)25-7-6-9(24-25)8-23-17-15(21)13(19)12(18)14(20)16(17)22/h2-7,23H,8H2,1H3. The molecule has 1 aromatic heterocycles. The average Bonchev–Trinajstić information content (AvgIpc) is 3.14. The van der Waals surface area contributed by atoms with Gasteiger partial charge in [0.05, 0.1) is 25.0 Å². The summed E-state index contributed by atoms with van der Waals surface area (Å²) in [6, 6.07) is 8.48. The first kappa shape index (κ1) is 17.7. The fraction of sp³-hybridized carbons (Fsp3) is 0.118. The third-order valence-electron chi connectivity index (χ3n) is 3.64. The van der Waals surface area contributed by atoms with Crippen molar-refractivity contribution in [3.8, 4) is 11.4 Å². The molecule has 0 saturated carbocycles. The Balaban J connectivity index is 1.78. The number of anilines is 1. The first-order valence-corrected chi connectivity index (χ1v) is 7.36. The molecule has 26 heavy (non-hydrogen) atoms. The molecule has 136 valence electrons. The van der Waals surface area contributed by atoms with E-state index in [1.807, 2.05) is 0 Å². The highest BCUT2D eigenvalue weighted by Gasteiger charge is 2.25. The Kier molecular flexibility index (Phi) is 4.79. The molecule has 0 aliphatic rings. The topological polar surface area (TPSA) is 39.1 Å². The molecule has 1 heterocycles. The lowest BCUT2D eigenvalue weighted by Crippen LogP contribution is -2.10. The van der Waals surface area contributed by atoms with E-state index in [4.69, 9.17) is 4.74 Å². The molecule has 0 atom stereocenters. The molecule has 0 fully saturated rings. The molecule has 4 nitrogen and oxygen atoms in total.